The van der Waals surface area contributed by atoms with Crippen LogP contribution in [0.25, 0.3) is 0 Å². The van der Waals surface area contributed by atoms with Crippen LogP contribution in [0, 0.1) is 23.0 Å². The van der Waals surface area contributed by atoms with Crippen LogP contribution in [0.2, 0.25) is 5.02 Å². The molecule has 0 aliphatic carbocycles. The van der Waals surface area contributed by atoms with Crippen molar-refractivity contribution in [2.24, 2.45) is 5.92 Å². The molecular formula is C29H21ClN4O7S2. The lowest BCUT2D eigenvalue weighted by Crippen LogP contribution is -2.32. The second-order valence-corrected chi connectivity index (χ2v) is 12.5. The number of thioether (sulfide) groups is 1. The van der Waals surface area contributed by atoms with Gasteiger partial charge in [-0.3, -0.25) is 29.3 Å². The lowest BCUT2D eigenvalue weighted by atomic mass is 9.82. The fourth-order valence-electron chi connectivity index (χ4n) is 5.20. The van der Waals surface area contributed by atoms with E-state index in [2.05, 4.69) is 10.3 Å². The van der Waals surface area contributed by atoms with Crippen LogP contribution in [-0.4, -0.2) is 39.5 Å². The monoisotopic (exact) mass is 636 g/mol. The Bertz CT molecular complexity index is 1840. The molecule has 4 aromatic rings. The Labute approximate surface area is 257 Å². The minimum absolute atomic E-state index is 0.181. The summed E-state index contributed by atoms with van der Waals surface area (Å²) in [4.78, 5) is 67.4. The largest absolute Gasteiger partial charge is 0.483 e. The van der Waals surface area contributed by atoms with E-state index in [1.807, 2.05) is 19.1 Å². The smallest absolute Gasteiger partial charge is 0.305 e. The molecule has 1 fully saturated rings. The molecule has 218 valence electrons. The Kier molecular flexibility index (Phi) is 7.54. The van der Waals surface area contributed by atoms with E-state index < -0.39 is 39.7 Å². The number of nitro groups is 1. The molecule has 14 heteroatoms. The first-order valence-corrected chi connectivity index (χ1v) is 15.0. The van der Waals surface area contributed by atoms with Gasteiger partial charge in [-0.25, -0.2) is 4.90 Å². The zero-order valence-electron chi connectivity index (χ0n) is 22.2. The molecule has 3 atom stereocenters. The number of aromatic amines is 1. The van der Waals surface area contributed by atoms with Gasteiger partial charge in [0, 0.05) is 39.2 Å². The van der Waals surface area contributed by atoms with Crippen LogP contribution in [0.3, 0.4) is 0 Å². The van der Waals surface area contributed by atoms with Crippen LogP contribution >= 0.6 is 34.7 Å². The normalized spacial score (nSPS) is 19.1. The van der Waals surface area contributed by atoms with Gasteiger partial charge < -0.3 is 15.0 Å². The van der Waals surface area contributed by atoms with Gasteiger partial charge in [0.1, 0.15) is 11.0 Å². The van der Waals surface area contributed by atoms with Crippen molar-refractivity contribution in [3.05, 3.63) is 108 Å². The number of rotatable bonds is 7. The number of H-pyrrole nitrogens is 1. The highest BCUT2D eigenvalue weighted by Gasteiger charge is 2.57. The zero-order valence-corrected chi connectivity index (χ0v) is 24.6. The molecule has 6 rings (SSSR count). The molecular weight excluding hydrogens is 616 g/mol. The Balaban J connectivity index is 1.35. The second kappa shape index (κ2) is 11.3. The van der Waals surface area contributed by atoms with Crippen LogP contribution in [0.4, 0.5) is 17.1 Å². The number of aryl methyl sites for hydroxylation is 1. The number of thiazole rings is 1. The number of nitrogens with one attached hydrogen (secondary N) is 2. The summed E-state index contributed by atoms with van der Waals surface area (Å²) in [7, 11) is 0. The average Bonchev–Trinajstić information content (AvgIpc) is 3.47. The lowest BCUT2D eigenvalue weighted by molar-refractivity contribution is -0.384. The minimum atomic E-state index is -0.950. The van der Waals surface area contributed by atoms with E-state index >= 15 is 0 Å². The molecule has 3 amide bonds. The molecule has 3 unspecified atom stereocenters. The Morgan fingerprint density at radius 2 is 1.79 bits per heavy atom. The Morgan fingerprint density at radius 3 is 2.49 bits per heavy atom. The van der Waals surface area contributed by atoms with Crippen LogP contribution in [0.5, 0.6) is 5.75 Å². The van der Waals surface area contributed by atoms with Gasteiger partial charge in [0.25, 0.3) is 11.6 Å². The summed E-state index contributed by atoms with van der Waals surface area (Å²) in [5, 5.41) is 13.8. The second-order valence-electron chi connectivity index (χ2n) is 9.92. The molecule has 3 heterocycles. The van der Waals surface area contributed by atoms with E-state index in [0.717, 1.165) is 33.6 Å². The number of carbonyl (C=O) groups is 3. The molecule has 2 aliphatic heterocycles. The summed E-state index contributed by atoms with van der Waals surface area (Å²) in [6, 6.07) is 17.2. The number of ether oxygens (including phenoxy) is 1. The number of hydrogen-bond donors (Lipinski definition) is 2. The minimum Gasteiger partial charge on any atom is -0.483 e. The molecule has 1 saturated heterocycles. The first kappa shape index (κ1) is 28.6. The predicted molar refractivity (Wildman–Crippen MR) is 162 cm³/mol. The summed E-state index contributed by atoms with van der Waals surface area (Å²) in [5.74, 6) is -2.95. The molecule has 0 radical (unpaired) electrons. The molecule has 11 nitrogen and oxygen atoms in total. The third-order valence-corrected chi connectivity index (χ3v) is 9.78. The predicted octanol–water partition coefficient (Wildman–Crippen LogP) is 5.12. The van der Waals surface area contributed by atoms with Gasteiger partial charge in [-0.05, 0) is 49.4 Å². The molecule has 2 N–H and O–H groups in total. The van der Waals surface area contributed by atoms with Crippen molar-refractivity contribution in [3.63, 3.8) is 0 Å². The Morgan fingerprint density at radius 1 is 1.07 bits per heavy atom. The maximum atomic E-state index is 14.0. The zero-order chi connectivity index (χ0) is 30.4. The summed E-state index contributed by atoms with van der Waals surface area (Å²) >= 11 is 8.42. The topological polar surface area (TPSA) is 152 Å². The van der Waals surface area contributed by atoms with Crippen molar-refractivity contribution < 1.29 is 24.0 Å². The standard InChI is InChI=1S/C29H21ClN4O7S2/c1-14-2-5-16(6-3-14)31-21(35)13-41-20-11-4-15(30)12-19(20)22-23-25(42-26-24(22)43-29(38)32-26)28(37)33(27(23)36)17-7-9-18(10-8-17)34(39)40/h2-12,22-23,25H,13H2,1H3,(H,31,35)(H,32,38). The summed E-state index contributed by atoms with van der Waals surface area (Å²) in [5.41, 5.74) is 2.10. The molecule has 3 aromatic carbocycles. The quantitative estimate of drug-likeness (QED) is 0.161. The summed E-state index contributed by atoms with van der Waals surface area (Å²) in [6.07, 6.45) is 0. The van der Waals surface area contributed by atoms with Gasteiger partial charge in [0.2, 0.25) is 11.8 Å². The first-order chi connectivity index (χ1) is 20.6. The number of anilines is 2. The van der Waals surface area contributed by atoms with E-state index in [-0.39, 0.29) is 28.6 Å². The molecule has 1 aromatic heterocycles. The number of imide groups is 1. The van der Waals surface area contributed by atoms with Gasteiger partial charge >= 0.3 is 4.87 Å². The lowest BCUT2D eigenvalue weighted by Gasteiger charge is -2.31. The molecule has 0 saturated carbocycles. The van der Waals surface area contributed by atoms with E-state index in [1.165, 1.54) is 24.3 Å². The van der Waals surface area contributed by atoms with Crippen molar-refractivity contribution in [3.8, 4) is 5.75 Å². The number of carbonyl (C=O) groups excluding carboxylic acids is 3. The fraction of sp³-hybridized carbons (Fsp3) is 0.172. The van der Waals surface area contributed by atoms with E-state index in [0.29, 0.717) is 26.2 Å². The van der Waals surface area contributed by atoms with Crippen molar-refractivity contribution in [1.29, 1.82) is 0 Å². The van der Waals surface area contributed by atoms with E-state index in [9.17, 15) is 29.3 Å². The average molecular weight is 637 g/mol. The summed E-state index contributed by atoms with van der Waals surface area (Å²) < 4.78 is 5.95. The molecule has 43 heavy (non-hydrogen) atoms. The maximum absolute atomic E-state index is 14.0. The van der Waals surface area contributed by atoms with Crippen LogP contribution < -0.4 is 19.8 Å². The van der Waals surface area contributed by atoms with E-state index in [4.69, 9.17) is 16.3 Å². The van der Waals surface area contributed by atoms with Gasteiger partial charge in [-0.2, -0.15) is 0 Å². The molecule has 0 spiro atoms. The number of hydrogen-bond acceptors (Lipinski definition) is 9. The first-order valence-electron chi connectivity index (χ1n) is 12.9. The van der Waals surface area contributed by atoms with Crippen molar-refractivity contribution >= 4 is 69.5 Å². The fourth-order valence-corrected chi connectivity index (χ4v) is 7.89. The maximum Gasteiger partial charge on any atom is 0.305 e. The SMILES string of the molecule is Cc1ccc(NC(=O)COc2ccc(Cl)cc2C2c3sc(=O)[nH]c3SC3C(=O)N(c4ccc([N+](=O)[O-])cc4)C(=O)C32)cc1. The number of nitrogens with zero attached hydrogens (tertiary/aromatic N) is 2. The van der Waals surface area contributed by atoms with Gasteiger partial charge in [0.15, 0.2) is 6.61 Å². The van der Waals surface area contributed by atoms with Crippen molar-refractivity contribution in [2.75, 3.05) is 16.8 Å². The number of amides is 3. The van der Waals surface area contributed by atoms with Crippen LogP contribution in [-0.2, 0) is 14.4 Å². The van der Waals surface area contributed by atoms with Gasteiger partial charge in [-0.15, -0.1) is 0 Å². The molecule has 0 bridgehead atoms. The van der Waals surface area contributed by atoms with Gasteiger partial charge in [0.05, 0.1) is 21.6 Å². The number of halogens is 1. The highest BCUT2D eigenvalue weighted by Crippen LogP contribution is 2.54. The number of fused-ring (bicyclic) bond motifs is 2. The van der Waals surface area contributed by atoms with Crippen molar-refractivity contribution in [1.82, 2.24) is 4.98 Å². The highest BCUT2D eigenvalue weighted by molar-refractivity contribution is 8.00. The van der Waals surface area contributed by atoms with Crippen molar-refractivity contribution in [2.45, 2.75) is 23.1 Å². The number of benzene rings is 3. The Hall–Kier alpha value is -4.46. The number of nitro benzene ring substituents is 1. The molecule has 2 aliphatic rings. The highest BCUT2D eigenvalue weighted by atomic mass is 35.5. The van der Waals surface area contributed by atoms with E-state index in [1.54, 1.807) is 30.3 Å². The summed E-state index contributed by atoms with van der Waals surface area (Å²) in [6.45, 7) is 1.58. The van der Waals surface area contributed by atoms with Gasteiger partial charge in [-0.1, -0.05) is 52.4 Å². The number of non-ortho nitro benzene ring substituents is 1. The van der Waals surface area contributed by atoms with Crippen LogP contribution in [0.1, 0.15) is 21.9 Å². The third-order valence-electron chi connectivity index (χ3n) is 7.14. The number of aromatic nitrogens is 1. The van der Waals surface area contributed by atoms with Crippen LogP contribution in [0.15, 0.2) is 76.6 Å². The third kappa shape index (κ3) is 5.42.